The molecule has 1 unspecified atom stereocenters. The lowest BCUT2D eigenvalue weighted by Crippen LogP contribution is -2.37. The van der Waals surface area contributed by atoms with E-state index in [0.717, 1.165) is 30.4 Å². The van der Waals surface area contributed by atoms with Crippen LogP contribution in [0.25, 0.3) is 0 Å². The van der Waals surface area contributed by atoms with Gasteiger partial charge in [0.1, 0.15) is 0 Å². The summed E-state index contributed by atoms with van der Waals surface area (Å²) in [7, 11) is 3.15. The fourth-order valence-electron chi connectivity index (χ4n) is 2.26. The van der Waals surface area contributed by atoms with Gasteiger partial charge >= 0.3 is 0 Å². The van der Waals surface area contributed by atoms with E-state index in [9.17, 15) is 4.79 Å². The van der Waals surface area contributed by atoms with Crippen molar-refractivity contribution in [3.05, 3.63) is 16.6 Å². The van der Waals surface area contributed by atoms with Crippen LogP contribution in [0.1, 0.15) is 12.8 Å². The van der Waals surface area contributed by atoms with E-state index in [4.69, 9.17) is 9.47 Å². The molecule has 1 atom stereocenters. The fraction of sp³-hybridized carbons (Fsp3) is 0.500. The lowest BCUT2D eigenvalue weighted by molar-refractivity contribution is -0.120. The van der Waals surface area contributed by atoms with Gasteiger partial charge in [-0.15, -0.1) is 0 Å². The standard InChI is InChI=1S/C14H19BrN2O3/c1-19-12-6-10(15)11(7-13(12)20-2)17-14(18)9-4-3-5-16-8-9/h6-7,9,16H,3-5,8H2,1-2H3,(H,17,18). The van der Waals surface area contributed by atoms with Crippen LogP contribution in [-0.2, 0) is 4.79 Å². The molecule has 0 bridgehead atoms. The molecule has 0 aromatic heterocycles. The van der Waals surface area contributed by atoms with Crippen LogP contribution < -0.4 is 20.1 Å². The Morgan fingerprint density at radius 3 is 2.65 bits per heavy atom. The quantitative estimate of drug-likeness (QED) is 0.882. The maximum atomic E-state index is 12.2. The number of amides is 1. The number of carbonyl (C=O) groups is 1. The van der Waals surface area contributed by atoms with Gasteiger partial charge in [-0.25, -0.2) is 0 Å². The van der Waals surface area contributed by atoms with Crippen LogP contribution in [0.15, 0.2) is 16.6 Å². The number of methoxy groups -OCH3 is 2. The topological polar surface area (TPSA) is 59.6 Å². The Morgan fingerprint density at radius 2 is 2.05 bits per heavy atom. The van der Waals surface area contributed by atoms with Gasteiger partial charge in [0, 0.05) is 23.2 Å². The van der Waals surface area contributed by atoms with Crippen molar-refractivity contribution < 1.29 is 14.3 Å². The SMILES string of the molecule is COc1cc(Br)c(NC(=O)C2CCCNC2)cc1OC. The van der Waals surface area contributed by atoms with Gasteiger partial charge in [-0.2, -0.15) is 0 Å². The summed E-state index contributed by atoms with van der Waals surface area (Å²) in [5.41, 5.74) is 0.693. The average molecular weight is 343 g/mol. The summed E-state index contributed by atoms with van der Waals surface area (Å²) in [5.74, 6) is 1.26. The highest BCUT2D eigenvalue weighted by atomic mass is 79.9. The number of carbonyl (C=O) groups excluding carboxylic acids is 1. The molecule has 110 valence electrons. The highest BCUT2D eigenvalue weighted by Gasteiger charge is 2.22. The normalized spacial score (nSPS) is 18.4. The molecule has 2 N–H and O–H groups in total. The molecule has 1 aliphatic heterocycles. The number of rotatable bonds is 4. The van der Waals surface area contributed by atoms with E-state index in [0.29, 0.717) is 17.2 Å². The van der Waals surface area contributed by atoms with Crippen molar-refractivity contribution in [2.75, 3.05) is 32.6 Å². The summed E-state index contributed by atoms with van der Waals surface area (Å²) in [5, 5.41) is 6.18. The summed E-state index contributed by atoms with van der Waals surface area (Å²) in [4.78, 5) is 12.2. The van der Waals surface area contributed by atoms with E-state index in [-0.39, 0.29) is 11.8 Å². The predicted octanol–water partition coefficient (Wildman–Crippen LogP) is 2.40. The highest BCUT2D eigenvalue weighted by Crippen LogP contribution is 2.36. The second kappa shape index (κ2) is 6.95. The summed E-state index contributed by atoms with van der Waals surface area (Å²) in [6, 6.07) is 3.55. The van der Waals surface area contributed by atoms with Gasteiger partial charge in [-0.1, -0.05) is 0 Å². The third-order valence-corrected chi connectivity index (χ3v) is 4.05. The molecule has 1 aliphatic rings. The second-order valence-electron chi connectivity index (χ2n) is 4.72. The summed E-state index contributed by atoms with van der Waals surface area (Å²) in [6.07, 6.45) is 1.95. The molecule has 0 saturated carbocycles. The van der Waals surface area contributed by atoms with Gasteiger partial charge in [0.15, 0.2) is 11.5 Å². The van der Waals surface area contributed by atoms with Crippen molar-refractivity contribution >= 4 is 27.5 Å². The number of halogens is 1. The van der Waals surface area contributed by atoms with E-state index in [1.807, 2.05) is 0 Å². The average Bonchev–Trinajstić information content (AvgIpc) is 2.49. The minimum atomic E-state index is 0.0174. The van der Waals surface area contributed by atoms with E-state index in [2.05, 4.69) is 26.6 Å². The molecule has 1 aromatic carbocycles. The number of hydrogen-bond acceptors (Lipinski definition) is 4. The van der Waals surface area contributed by atoms with Crippen molar-refractivity contribution in [2.45, 2.75) is 12.8 Å². The first-order valence-electron chi connectivity index (χ1n) is 6.58. The zero-order valence-corrected chi connectivity index (χ0v) is 13.2. The molecule has 0 spiro atoms. The van der Waals surface area contributed by atoms with Crippen LogP contribution >= 0.6 is 15.9 Å². The summed E-state index contributed by atoms with van der Waals surface area (Å²) in [6.45, 7) is 1.72. The molecule has 5 nitrogen and oxygen atoms in total. The molecule has 1 amide bonds. The third kappa shape index (κ3) is 3.43. The van der Waals surface area contributed by atoms with E-state index in [1.165, 1.54) is 0 Å². The minimum Gasteiger partial charge on any atom is -0.493 e. The van der Waals surface area contributed by atoms with Crippen LogP contribution in [-0.4, -0.2) is 33.2 Å². The van der Waals surface area contributed by atoms with E-state index in [1.54, 1.807) is 26.4 Å². The van der Waals surface area contributed by atoms with Gasteiger partial charge in [-0.05, 0) is 35.3 Å². The minimum absolute atomic E-state index is 0.0174. The smallest absolute Gasteiger partial charge is 0.228 e. The molecule has 2 rings (SSSR count). The van der Waals surface area contributed by atoms with Gasteiger partial charge < -0.3 is 20.1 Å². The second-order valence-corrected chi connectivity index (χ2v) is 5.57. The Bertz CT molecular complexity index is 488. The Labute approximate surface area is 127 Å². The lowest BCUT2D eigenvalue weighted by atomic mass is 9.99. The van der Waals surface area contributed by atoms with Crippen molar-refractivity contribution in [1.29, 1.82) is 0 Å². The van der Waals surface area contributed by atoms with E-state index >= 15 is 0 Å². The molecule has 1 fully saturated rings. The van der Waals surface area contributed by atoms with Crippen molar-refractivity contribution in [1.82, 2.24) is 5.32 Å². The van der Waals surface area contributed by atoms with Gasteiger partial charge in [0.2, 0.25) is 5.91 Å². The molecule has 1 heterocycles. The number of hydrogen-bond donors (Lipinski definition) is 2. The monoisotopic (exact) mass is 342 g/mol. The largest absolute Gasteiger partial charge is 0.493 e. The first-order valence-corrected chi connectivity index (χ1v) is 7.38. The molecule has 6 heteroatoms. The van der Waals surface area contributed by atoms with Crippen molar-refractivity contribution in [2.24, 2.45) is 5.92 Å². The number of ether oxygens (including phenoxy) is 2. The van der Waals surface area contributed by atoms with Gasteiger partial charge in [0.25, 0.3) is 0 Å². The molecule has 1 saturated heterocycles. The van der Waals surface area contributed by atoms with E-state index < -0.39 is 0 Å². The molecular weight excluding hydrogens is 324 g/mol. The Balaban J connectivity index is 2.13. The maximum Gasteiger partial charge on any atom is 0.228 e. The lowest BCUT2D eigenvalue weighted by Gasteiger charge is -2.22. The molecule has 0 aliphatic carbocycles. The van der Waals surface area contributed by atoms with Crippen LogP contribution in [0.5, 0.6) is 11.5 Å². The maximum absolute atomic E-state index is 12.2. The number of benzene rings is 1. The van der Waals surface area contributed by atoms with Crippen LogP contribution in [0.2, 0.25) is 0 Å². The first-order chi connectivity index (χ1) is 9.65. The zero-order valence-electron chi connectivity index (χ0n) is 11.7. The van der Waals surface area contributed by atoms with Crippen LogP contribution in [0.4, 0.5) is 5.69 Å². The summed E-state index contributed by atoms with van der Waals surface area (Å²) < 4.78 is 11.2. The van der Waals surface area contributed by atoms with Gasteiger partial charge in [-0.3, -0.25) is 4.79 Å². The molecule has 0 radical (unpaired) electrons. The van der Waals surface area contributed by atoms with Gasteiger partial charge in [0.05, 0.1) is 25.8 Å². The number of piperidine rings is 1. The predicted molar refractivity (Wildman–Crippen MR) is 81.5 cm³/mol. The fourth-order valence-corrected chi connectivity index (χ4v) is 2.68. The number of anilines is 1. The summed E-state index contributed by atoms with van der Waals surface area (Å²) >= 11 is 3.44. The van der Waals surface area contributed by atoms with Crippen molar-refractivity contribution in [3.8, 4) is 11.5 Å². The molecule has 1 aromatic rings. The Kier molecular flexibility index (Phi) is 5.25. The van der Waals surface area contributed by atoms with Crippen LogP contribution in [0.3, 0.4) is 0 Å². The molecule has 20 heavy (non-hydrogen) atoms. The Hall–Kier alpha value is -1.27. The zero-order chi connectivity index (χ0) is 14.5. The van der Waals surface area contributed by atoms with Crippen LogP contribution in [0, 0.1) is 5.92 Å². The highest BCUT2D eigenvalue weighted by molar-refractivity contribution is 9.10. The Morgan fingerprint density at radius 1 is 1.35 bits per heavy atom. The molecular formula is C14H19BrN2O3. The third-order valence-electron chi connectivity index (χ3n) is 3.40. The number of nitrogens with one attached hydrogen (secondary N) is 2. The van der Waals surface area contributed by atoms with Crippen molar-refractivity contribution in [3.63, 3.8) is 0 Å². The first kappa shape index (κ1) is 15.1.